The van der Waals surface area contributed by atoms with Crippen LogP contribution in [0.3, 0.4) is 0 Å². The molecule has 1 aliphatic rings. The van der Waals surface area contributed by atoms with Gasteiger partial charge >= 0.3 is 11.9 Å². The SMILES string of the molecule is C=C(CC(=O)O)C(=O)ON1C(=O)CCC1=O. The van der Waals surface area contributed by atoms with Gasteiger partial charge in [-0.3, -0.25) is 14.4 Å². The molecule has 0 aromatic carbocycles. The second-order valence-electron chi connectivity index (χ2n) is 3.13. The number of aliphatic carboxylic acids is 1. The summed E-state index contributed by atoms with van der Waals surface area (Å²) in [5.41, 5.74) is -0.333. The fourth-order valence-electron chi connectivity index (χ4n) is 1.06. The van der Waals surface area contributed by atoms with E-state index in [0.29, 0.717) is 5.06 Å². The minimum Gasteiger partial charge on any atom is -0.481 e. The van der Waals surface area contributed by atoms with Crippen molar-refractivity contribution in [2.75, 3.05) is 0 Å². The lowest BCUT2D eigenvalue weighted by atomic mass is 10.2. The summed E-state index contributed by atoms with van der Waals surface area (Å²) in [5.74, 6) is -3.59. The first kappa shape index (κ1) is 11.9. The standard InChI is InChI=1S/C9H9NO6/c1-5(4-8(13)14)9(15)16-10-6(11)2-3-7(10)12/h1-4H2,(H,13,14). The maximum absolute atomic E-state index is 11.2. The van der Waals surface area contributed by atoms with E-state index in [9.17, 15) is 19.2 Å². The summed E-state index contributed by atoms with van der Waals surface area (Å²) in [7, 11) is 0. The van der Waals surface area contributed by atoms with E-state index in [1.54, 1.807) is 0 Å². The van der Waals surface area contributed by atoms with Gasteiger partial charge in [0.2, 0.25) is 0 Å². The lowest BCUT2D eigenvalue weighted by molar-refractivity contribution is -0.194. The van der Waals surface area contributed by atoms with Crippen LogP contribution in [0.5, 0.6) is 0 Å². The van der Waals surface area contributed by atoms with Crippen LogP contribution in [0.2, 0.25) is 0 Å². The second kappa shape index (κ2) is 4.56. The first-order valence-electron chi connectivity index (χ1n) is 4.39. The highest BCUT2D eigenvalue weighted by molar-refractivity contribution is 6.03. The number of hydrogen-bond donors (Lipinski definition) is 1. The number of nitrogens with zero attached hydrogens (tertiary/aromatic N) is 1. The van der Waals surface area contributed by atoms with Gasteiger partial charge in [0.15, 0.2) is 0 Å². The van der Waals surface area contributed by atoms with Crippen molar-refractivity contribution in [1.29, 1.82) is 0 Å². The van der Waals surface area contributed by atoms with Crippen LogP contribution in [0, 0.1) is 0 Å². The molecule has 1 aliphatic heterocycles. The lowest BCUT2D eigenvalue weighted by Gasteiger charge is -2.12. The van der Waals surface area contributed by atoms with Gasteiger partial charge in [0, 0.05) is 18.4 Å². The minimum absolute atomic E-state index is 0.0163. The third kappa shape index (κ3) is 2.66. The molecule has 1 rings (SSSR count). The molecule has 0 aromatic rings. The molecule has 0 radical (unpaired) electrons. The van der Waals surface area contributed by atoms with Gasteiger partial charge in [-0.2, -0.15) is 0 Å². The Balaban J connectivity index is 2.57. The van der Waals surface area contributed by atoms with E-state index in [4.69, 9.17) is 5.11 Å². The smallest absolute Gasteiger partial charge is 0.359 e. The molecule has 0 aliphatic carbocycles. The van der Waals surface area contributed by atoms with Crippen LogP contribution in [0.4, 0.5) is 0 Å². The molecule has 0 saturated carbocycles. The summed E-state index contributed by atoms with van der Waals surface area (Å²) in [5, 5.41) is 8.72. The Morgan fingerprint density at radius 1 is 1.31 bits per heavy atom. The zero-order valence-corrected chi connectivity index (χ0v) is 8.26. The Hall–Kier alpha value is -2.18. The third-order valence-corrected chi connectivity index (χ3v) is 1.83. The number of carbonyl (C=O) groups excluding carboxylic acids is 3. The average molecular weight is 227 g/mol. The van der Waals surface area contributed by atoms with Gasteiger partial charge in [-0.1, -0.05) is 6.58 Å². The molecule has 86 valence electrons. The topological polar surface area (TPSA) is 101 Å². The van der Waals surface area contributed by atoms with Crippen molar-refractivity contribution in [3.05, 3.63) is 12.2 Å². The van der Waals surface area contributed by atoms with E-state index in [-0.39, 0.29) is 18.4 Å². The Labute approximate surface area is 90.2 Å². The molecule has 7 nitrogen and oxygen atoms in total. The summed E-state index contributed by atoms with van der Waals surface area (Å²) in [4.78, 5) is 48.0. The summed E-state index contributed by atoms with van der Waals surface area (Å²) in [6.07, 6.45) is -0.635. The van der Waals surface area contributed by atoms with Crippen LogP contribution in [-0.2, 0) is 24.0 Å². The Bertz CT molecular complexity index is 369. The molecular weight excluding hydrogens is 218 g/mol. The first-order chi connectivity index (χ1) is 7.41. The van der Waals surface area contributed by atoms with E-state index in [1.807, 2.05) is 0 Å². The summed E-state index contributed by atoms with van der Waals surface area (Å²) in [6, 6.07) is 0. The van der Waals surface area contributed by atoms with Crippen LogP contribution in [-0.4, -0.2) is 33.9 Å². The van der Waals surface area contributed by atoms with Crippen molar-refractivity contribution in [2.24, 2.45) is 0 Å². The van der Waals surface area contributed by atoms with Gasteiger partial charge in [0.25, 0.3) is 11.8 Å². The van der Waals surface area contributed by atoms with E-state index >= 15 is 0 Å². The van der Waals surface area contributed by atoms with Gasteiger partial charge in [-0.05, 0) is 0 Å². The molecule has 0 spiro atoms. The largest absolute Gasteiger partial charge is 0.481 e. The quantitative estimate of drug-likeness (QED) is 0.519. The average Bonchev–Trinajstić information content (AvgIpc) is 2.48. The van der Waals surface area contributed by atoms with Gasteiger partial charge < -0.3 is 9.94 Å². The van der Waals surface area contributed by atoms with E-state index in [1.165, 1.54) is 0 Å². The van der Waals surface area contributed by atoms with Crippen LogP contribution in [0.1, 0.15) is 19.3 Å². The zero-order valence-electron chi connectivity index (χ0n) is 8.26. The number of carboxylic acids is 1. The monoisotopic (exact) mass is 227 g/mol. The molecular formula is C9H9NO6. The van der Waals surface area contributed by atoms with Gasteiger partial charge in [-0.25, -0.2) is 4.79 Å². The maximum atomic E-state index is 11.2. The van der Waals surface area contributed by atoms with Crippen LogP contribution < -0.4 is 0 Å². The van der Waals surface area contributed by atoms with Crippen LogP contribution in [0.15, 0.2) is 12.2 Å². The van der Waals surface area contributed by atoms with Crippen molar-refractivity contribution in [3.8, 4) is 0 Å². The highest BCUT2D eigenvalue weighted by Crippen LogP contribution is 2.14. The number of amides is 2. The minimum atomic E-state index is -1.25. The van der Waals surface area contributed by atoms with Gasteiger partial charge in [0.1, 0.15) is 0 Å². The van der Waals surface area contributed by atoms with Crippen molar-refractivity contribution in [3.63, 3.8) is 0 Å². The molecule has 2 amide bonds. The van der Waals surface area contributed by atoms with Crippen LogP contribution in [0.25, 0.3) is 0 Å². The molecule has 1 heterocycles. The highest BCUT2D eigenvalue weighted by Gasteiger charge is 2.33. The lowest BCUT2D eigenvalue weighted by Crippen LogP contribution is -2.32. The molecule has 0 aromatic heterocycles. The van der Waals surface area contributed by atoms with Crippen molar-refractivity contribution < 1.29 is 29.1 Å². The molecule has 7 heteroatoms. The van der Waals surface area contributed by atoms with Gasteiger partial charge in [0.05, 0.1) is 6.42 Å². The summed E-state index contributed by atoms with van der Waals surface area (Å²) < 4.78 is 0. The molecule has 1 fully saturated rings. The number of rotatable bonds is 4. The van der Waals surface area contributed by atoms with E-state index in [2.05, 4.69) is 11.4 Å². The van der Waals surface area contributed by atoms with Crippen molar-refractivity contribution >= 4 is 23.8 Å². The number of carbonyl (C=O) groups is 4. The predicted molar refractivity (Wildman–Crippen MR) is 48.6 cm³/mol. The number of hydrogen-bond acceptors (Lipinski definition) is 5. The second-order valence-corrected chi connectivity index (χ2v) is 3.13. The maximum Gasteiger partial charge on any atom is 0.359 e. The van der Waals surface area contributed by atoms with Gasteiger partial charge in [-0.15, -0.1) is 5.06 Å². The molecule has 0 bridgehead atoms. The molecule has 0 atom stereocenters. The highest BCUT2D eigenvalue weighted by atomic mass is 16.7. The predicted octanol–water partition coefficient (Wildman–Crippen LogP) is -0.376. The normalized spacial score (nSPS) is 15.1. The Morgan fingerprint density at radius 3 is 2.25 bits per heavy atom. The number of imide groups is 1. The van der Waals surface area contributed by atoms with E-state index in [0.717, 1.165) is 0 Å². The third-order valence-electron chi connectivity index (χ3n) is 1.83. The molecule has 0 unspecified atom stereocenters. The van der Waals surface area contributed by atoms with Crippen molar-refractivity contribution in [1.82, 2.24) is 5.06 Å². The Morgan fingerprint density at radius 2 is 1.81 bits per heavy atom. The van der Waals surface area contributed by atoms with Crippen LogP contribution >= 0.6 is 0 Å². The Kier molecular flexibility index (Phi) is 3.39. The number of carboxylic acid groups (broad SMARTS) is 1. The zero-order chi connectivity index (χ0) is 12.3. The van der Waals surface area contributed by atoms with E-state index < -0.39 is 30.2 Å². The molecule has 16 heavy (non-hydrogen) atoms. The molecule has 1 saturated heterocycles. The summed E-state index contributed by atoms with van der Waals surface area (Å²) >= 11 is 0. The summed E-state index contributed by atoms with van der Waals surface area (Å²) in [6.45, 7) is 3.18. The first-order valence-corrected chi connectivity index (χ1v) is 4.39. The molecule has 1 N–H and O–H groups in total. The number of hydroxylamine groups is 2. The fraction of sp³-hybridized carbons (Fsp3) is 0.333. The fourth-order valence-corrected chi connectivity index (χ4v) is 1.06. The van der Waals surface area contributed by atoms with Crippen molar-refractivity contribution in [2.45, 2.75) is 19.3 Å².